The van der Waals surface area contributed by atoms with Crippen LogP contribution in [-0.4, -0.2) is 57.5 Å². The summed E-state index contributed by atoms with van der Waals surface area (Å²) in [5, 5.41) is 3.11. The average molecular weight is 495 g/mol. The largest absolute Gasteiger partial charge is 0.339 e. The zero-order valence-electron chi connectivity index (χ0n) is 20.7. The molecule has 1 aromatic heterocycles. The van der Waals surface area contributed by atoms with Crippen LogP contribution in [0.3, 0.4) is 0 Å². The topological polar surface area (TPSA) is 82.6 Å². The smallest absolute Gasteiger partial charge is 0.325 e. The first-order chi connectivity index (χ1) is 16.9. The Bertz CT molecular complexity index is 1070. The molecule has 2 fully saturated rings. The second kappa shape index (κ2) is 10.8. The monoisotopic (exact) mass is 494 g/mol. The number of nitrogens with one attached hydrogen (secondary N) is 1. The van der Waals surface area contributed by atoms with Gasteiger partial charge in [-0.3, -0.25) is 19.5 Å². The second-order valence-corrected chi connectivity index (χ2v) is 10.7. The molecular formula is C27H34N4O3S. The van der Waals surface area contributed by atoms with E-state index in [4.69, 9.17) is 0 Å². The summed E-state index contributed by atoms with van der Waals surface area (Å²) in [6.07, 6.45) is 6.43. The van der Waals surface area contributed by atoms with Crippen molar-refractivity contribution >= 4 is 29.6 Å². The van der Waals surface area contributed by atoms with E-state index in [1.165, 1.54) is 4.90 Å². The number of nitrogens with zero attached hydrogens (tertiary/aromatic N) is 3. The number of rotatable bonds is 8. The van der Waals surface area contributed by atoms with Crippen molar-refractivity contribution in [3.8, 4) is 0 Å². The number of aromatic nitrogens is 1. The molecule has 7 nitrogen and oxygen atoms in total. The highest BCUT2D eigenvalue weighted by Crippen LogP contribution is 2.38. The lowest BCUT2D eigenvalue weighted by molar-refractivity contribution is -0.134. The standard InChI is InChI=1S/C27H34N4O3S/c1-19(2)11-14-27(25(33)31(26(34)29-27)18-21-8-6-7-15-28-21)20-12-16-30(17-13-20)24(32)22-9-4-5-10-23(22)35-3/h4-10,15,19-20H,11-14,16-18H2,1-3H3,(H,29,34)/t27-/m1/s1. The molecule has 4 rings (SSSR count). The molecule has 3 heterocycles. The van der Waals surface area contributed by atoms with Crippen LogP contribution >= 0.6 is 11.8 Å². The van der Waals surface area contributed by atoms with Gasteiger partial charge in [0.25, 0.3) is 11.8 Å². The summed E-state index contributed by atoms with van der Waals surface area (Å²) in [7, 11) is 0. The molecule has 186 valence electrons. The van der Waals surface area contributed by atoms with Gasteiger partial charge < -0.3 is 10.2 Å². The number of hydrogen-bond acceptors (Lipinski definition) is 5. The lowest BCUT2D eigenvalue weighted by atomic mass is 9.73. The van der Waals surface area contributed by atoms with Crippen LogP contribution in [0.4, 0.5) is 4.79 Å². The molecule has 8 heteroatoms. The number of piperidine rings is 1. The van der Waals surface area contributed by atoms with E-state index in [2.05, 4.69) is 24.1 Å². The summed E-state index contributed by atoms with van der Waals surface area (Å²) in [4.78, 5) is 48.5. The normalized spacial score (nSPS) is 21.0. The minimum Gasteiger partial charge on any atom is -0.339 e. The van der Waals surface area contributed by atoms with Gasteiger partial charge in [-0.25, -0.2) is 4.79 Å². The maximum Gasteiger partial charge on any atom is 0.325 e. The van der Waals surface area contributed by atoms with Crippen molar-refractivity contribution in [2.24, 2.45) is 11.8 Å². The number of carbonyl (C=O) groups is 3. The molecule has 35 heavy (non-hydrogen) atoms. The van der Waals surface area contributed by atoms with Crippen LogP contribution in [0, 0.1) is 11.8 Å². The van der Waals surface area contributed by atoms with E-state index in [0.29, 0.717) is 44.0 Å². The highest BCUT2D eigenvalue weighted by molar-refractivity contribution is 7.98. The van der Waals surface area contributed by atoms with E-state index < -0.39 is 5.54 Å². The Morgan fingerprint density at radius 2 is 1.86 bits per heavy atom. The first kappa shape index (κ1) is 25.2. The summed E-state index contributed by atoms with van der Waals surface area (Å²) >= 11 is 1.57. The van der Waals surface area contributed by atoms with Gasteiger partial charge in [0.05, 0.1) is 17.8 Å². The number of imide groups is 1. The number of pyridine rings is 1. The van der Waals surface area contributed by atoms with Gasteiger partial charge in [-0.1, -0.05) is 32.0 Å². The van der Waals surface area contributed by atoms with Crippen molar-refractivity contribution in [1.29, 1.82) is 0 Å². The van der Waals surface area contributed by atoms with Crippen molar-refractivity contribution < 1.29 is 14.4 Å². The van der Waals surface area contributed by atoms with Crippen LogP contribution in [0.1, 0.15) is 55.6 Å². The van der Waals surface area contributed by atoms with Crippen LogP contribution in [0.5, 0.6) is 0 Å². The summed E-state index contributed by atoms with van der Waals surface area (Å²) in [6, 6.07) is 12.8. The van der Waals surface area contributed by atoms with Crippen LogP contribution in [0.25, 0.3) is 0 Å². The van der Waals surface area contributed by atoms with Gasteiger partial charge in [-0.15, -0.1) is 11.8 Å². The van der Waals surface area contributed by atoms with Crippen molar-refractivity contribution in [3.63, 3.8) is 0 Å². The van der Waals surface area contributed by atoms with E-state index in [9.17, 15) is 14.4 Å². The highest BCUT2D eigenvalue weighted by atomic mass is 32.2. The zero-order valence-corrected chi connectivity index (χ0v) is 21.5. The fourth-order valence-corrected chi connectivity index (χ4v) is 5.77. The number of thioether (sulfide) groups is 1. The van der Waals surface area contributed by atoms with Crippen molar-refractivity contribution in [3.05, 3.63) is 59.9 Å². The minimum atomic E-state index is -0.928. The van der Waals surface area contributed by atoms with E-state index >= 15 is 0 Å². The third kappa shape index (κ3) is 5.22. The molecule has 0 aliphatic carbocycles. The van der Waals surface area contributed by atoms with Gasteiger partial charge in [0.1, 0.15) is 5.54 Å². The fourth-order valence-electron chi connectivity index (χ4n) is 5.18. The quantitative estimate of drug-likeness (QED) is 0.429. The molecule has 2 saturated heterocycles. The molecule has 1 atom stereocenters. The Morgan fingerprint density at radius 3 is 2.51 bits per heavy atom. The summed E-state index contributed by atoms with van der Waals surface area (Å²) in [5.41, 5.74) is 0.478. The Kier molecular flexibility index (Phi) is 7.79. The summed E-state index contributed by atoms with van der Waals surface area (Å²) in [5.74, 6) is 0.256. The predicted octanol–water partition coefficient (Wildman–Crippen LogP) is 4.58. The number of carbonyl (C=O) groups excluding carboxylic acids is 3. The van der Waals surface area contributed by atoms with Crippen LogP contribution in [0.2, 0.25) is 0 Å². The maximum absolute atomic E-state index is 13.8. The molecule has 0 saturated carbocycles. The van der Waals surface area contributed by atoms with E-state index in [-0.39, 0.29) is 30.3 Å². The average Bonchev–Trinajstić information content (AvgIpc) is 3.12. The molecule has 0 radical (unpaired) electrons. The first-order valence-electron chi connectivity index (χ1n) is 12.3. The molecule has 0 bridgehead atoms. The number of amides is 4. The molecule has 0 unspecified atom stereocenters. The van der Waals surface area contributed by atoms with Gasteiger partial charge in [-0.05, 0) is 68.0 Å². The maximum atomic E-state index is 13.8. The molecule has 0 spiro atoms. The van der Waals surface area contributed by atoms with Crippen LogP contribution in [-0.2, 0) is 11.3 Å². The Morgan fingerprint density at radius 1 is 1.14 bits per heavy atom. The molecule has 2 aliphatic rings. The Balaban J connectivity index is 1.51. The van der Waals surface area contributed by atoms with E-state index in [1.54, 1.807) is 18.0 Å². The van der Waals surface area contributed by atoms with Gasteiger partial charge in [0.2, 0.25) is 0 Å². The van der Waals surface area contributed by atoms with E-state index in [1.807, 2.05) is 53.6 Å². The third-order valence-corrected chi connectivity index (χ3v) is 7.98. The van der Waals surface area contributed by atoms with Crippen molar-refractivity contribution in [1.82, 2.24) is 20.1 Å². The first-order valence-corrected chi connectivity index (χ1v) is 13.5. The number of benzene rings is 1. The van der Waals surface area contributed by atoms with Crippen LogP contribution in [0.15, 0.2) is 53.6 Å². The summed E-state index contributed by atoms with van der Waals surface area (Å²) < 4.78 is 0. The van der Waals surface area contributed by atoms with Crippen LogP contribution < -0.4 is 5.32 Å². The zero-order chi connectivity index (χ0) is 25.0. The van der Waals surface area contributed by atoms with Gasteiger partial charge >= 0.3 is 6.03 Å². The van der Waals surface area contributed by atoms with Gasteiger partial charge in [-0.2, -0.15) is 0 Å². The second-order valence-electron chi connectivity index (χ2n) is 9.81. The highest BCUT2D eigenvalue weighted by Gasteiger charge is 2.55. The molecule has 4 amide bonds. The third-order valence-electron chi connectivity index (χ3n) is 7.18. The van der Waals surface area contributed by atoms with E-state index in [0.717, 1.165) is 16.9 Å². The molecular weight excluding hydrogens is 460 g/mol. The van der Waals surface area contributed by atoms with Crippen molar-refractivity contribution in [2.45, 2.75) is 56.5 Å². The SMILES string of the molecule is CSc1ccccc1C(=O)N1CCC([C@@]2(CCC(C)C)NC(=O)N(Cc3ccccn3)C2=O)CC1. The molecule has 1 N–H and O–H groups in total. The number of urea groups is 1. The molecule has 1 aromatic carbocycles. The fraction of sp³-hybridized carbons (Fsp3) is 0.481. The lowest BCUT2D eigenvalue weighted by Gasteiger charge is -2.41. The number of hydrogen-bond donors (Lipinski definition) is 1. The predicted molar refractivity (Wildman–Crippen MR) is 137 cm³/mol. The molecule has 2 aromatic rings. The Hall–Kier alpha value is -2.87. The number of likely N-dealkylation sites (tertiary alicyclic amines) is 1. The van der Waals surface area contributed by atoms with Gasteiger partial charge in [0.15, 0.2) is 0 Å². The molecule has 2 aliphatic heterocycles. The summed E-state index contributed by atoms with van der Waals surface area (Å²) in [6.45, 7) is 5.56. The van der Waals surface area contributed by atoms with Gasteiger partial charge in [0, 0.05) is 24.2 Å². The Labute approximate surface area is 211 Å². The van der Waals surface area contributed by atoms with Crippen molar-refractivity contribution in [2.75, 3.05) is 19.3 Å². The lowest BCUT2D eigenvalue weighted by Crippen LogP contribution is -2.56. The minimum absolute atomic E-state index is 0.0220.